The molecule has 0 unspecified atom stereocenters. The van der Waals surface area contributed by atoms with Crippen LogP contribution in [0.15, 0.2) is 29.3 Å². The number of halogens is 1. The van der Waals surface area contributed by atoms with Gasteiger partial charge in [0, 0.05) is 18.1 Å². The van der Waals surface area contributed by atoms with Gasteiger partial charge in [-0.2, -0.15) is 0 Å². The summed E-state index contributed by atoms with van der Waals surface area (Å²) in [5.74, 6) is 0.563. The number of rotatable bonds is 2. The molecule has 1 aromatic carbocycles. The van der Waals surface area contributed by atoms with Gasteiger partial charge in [0.05, 0.1) is 19.8 Å². The lowest BCUT2D eigenvalue weighted by Gasteiger charge is -2.27. The molecular weight excluding hydrogens is 238 g/mol. The maximum Gasteiger partial charge on any atom is 0.191 e. The third-order valence-corrected chi connectivity index (χ3v) is 3.07. The molecule has 0 radical (unpaired) electrons. The molecule has 0 atom stereocenters. The fraction of sp³-hybridized carbons (Fsp3) is 0.417. The largest absolute Gasteiger partial charge is 0.378 e. The number of morpholine rings is 1. The van der Waals surface area contributed by atoms with Crippen molar-refractivity contribution in [1.82, 2.24) is 4.90 Å². The van der Waals surface area contributed by atoms with Crippen molar-refractivity contribution in [2.45, 2.75) is 6.54 Å². The first-order valence-corrected chi connectivity index (χ1v) is 6.01. The Morgan fingerprint density at radius 3 is 2.76 bits per heavy atom. The van der Waals surface area contributed by atoms with Crippen molar-refractivity contribution in [1.29, 1.82) is 0 Å². The fourth-order valence-corrected chi connectivity index (χ4v) is 1.88. The molecule has 2 rings (SSSR count). The second kappa shape index (κ2) is 5.89. The van der Waals surface area contributed by atoms with Crippen LogP contribution in [0, 0.1) is 0 Å². The first-order chi connectivity index (χ1) is 8.27. The zero-order chi connectivity index (χ0) is 12.1. The Hall–Kier alpha value is -1.26. The van der Waals surface area contributed by atoms with E-state index in [9.17, 15) is 0 Å². The molecule has 1 aromatic rings. The van der Waals surface area contributed by atoms with Crippen LogP contribution >= 0.6 is 11.6 Å². The zero-order valence-corrected chi connectivity index (χ0v) is 10.4. The Balaban J connectivity index is 1.97. The summed E-state index contributed by atoms with van der Waals surface area (Å²) >= 11 is 6.05. The van der Waals surface area contributed by atoms with Crippen LogP contribution in [0.1, 0.15) is 5.56 Å². The molecule has 1 saturated heterocycles. The lowest BCUT2D eigenvalue weighted by Crippen LogP contribution is -2.44. The molecule has 0 amide bonds. The smallest absolute Gasteiger partial charge is 0.191 e. The Bertz CT molecular complexity index is 402. The standard InChI is InChI=1S/C12H16ClN3O/c13-11-4-2-1-3-10(11)9-15-12(14)16-5-7-17-8-6-16/h1-4H,5-9H2,(H2,14,15). The van der Waals surface area contributed by atoms with Gasteiger partial charge < -0.3 is 15.4 Å². The lowest BCUT2D eigenvalue weighted by atomic mass is 10.2. The minimum absolute atomic E-state index is 0.517. The molecule has 0 aliphatic carbocycles. The molecule has 92 valence electrons. The van der Waals surface area contributed by atoms with Crippen molar-refractivity contribution >= 4 is 17.6 Å². The summed E-state index contributed by atoms with van der Waals surface area (Å²) in [4.78, 5) is 6.39. The molecule has 0 spiro atoms. The van der Waals surface area contributed by atoms with Crippen LogP contribution in [0.25, 0.3) is 0 Å². The van der Waals surface area contributed by atoms with Gasteiger partial charge in [-0.25, -0.2) is 4.99 Å². The number of ether oxygens (including phenoxy) is 1. The van der Waals surface area contributed by atoms with E-state index >= 15 is 0 Å². The van der Waals surface area contributed by atoms with E-state index in [0.717, 1.165) is 23.7 Å². The first kappa shape index (κ1) is 12.2. The summed E-state index contributed by atoms with van der Waals surface area (Å²) in [5.41, 5.74) is 6.91. The Morgan fingerprint density at radius 1 is 1.35 bits per heavy atom. The maximum atomic E-state index is 6.05. The van der Waals surface area contributed by atoms with E-state index in [1.54, 1.807) is 0 Å². The van der Waals surface area contributed by atoms with Crippen LogP contribution in [0.5, 0.6) is 0 Å². The van der Waals surface area contributed by atoms with Gasteiger partial charge in [0.25, 0.3) is 0 Å². The highest BCUT2D eigenvalue weighted by Crippen LogP contribution is 2.15. The SMILES string of the molecule is NC(=NCc1ccccc1Cl)N1CCOCC1. The zero-order valence-electron chi connectivity index (χ0n) is 9.60. The number of aliphatic imine (C=N–C) groups is 1. The Labute approximate surface area is 106 Å². The fourth-order valence-electron chi connectivity index (χ4n) is 1.69. The van der Waals surface area contributed by atoms with E-state index in [4.69, 9.17) is 22.1 Å². The van der Waals surface area contributed by atoms with E-state index in [1.807, 2.05) is 29.2 Å². The van der Waals surface area contributed by atoms with Crippen molar-refractivity contribution < 1.29 is 4.74 Å². The molecule has 1 heterocycles. The second-order valence-electron chi connectivity index (χ2n) is 3.87. The van der Waals surface area contributed by atoms with Crippen LogP contribution in [-0.4, -0.2) is 37.2 Å². The minimum Gasteiger partial charge on any atom is -0.378 e. The summed E-state index contributed by atoms with van der Waals surface area (Å²) in [7, 11) is 0. The molecule has 5 heteroatoms. The van der Waals surface area contributed by atoms with Gasteiger partial charge in [-0.05, 0) is 11.6 Å². The highest BCUT2D eigenvalue weighted by atomic mass is 35.5. The first-order valence-electron chi connectivity index (χ1n) is 5.63. The lowest BCUT2D eigenvalue weighted by molar-refractivity contribution is 0.0674. The highest BCUT2D eigenvalue weighted by Gasteiger charge is 2.11. The summed E-state index contributed by atoms with van der Waals surface area (Å²) < 4.78 is 5.26. The molecule has 1 aliphatic rings. The average Bonchev–Trinajstić information content (AvgIpc) is 2.38. The monoisotopic (exact) mass is 253 g/mol. The summed E-state index contributed by atoms with van der Waals surface area (Å²) in [6.45, 7) is 3.54. The van der Waals surface area contributed by atoms with Gasteiger partial charge in [-0.15, -0.1) is 0 Å². The number of hydrogen-bond donors (Lipinski definition) is 1. The minimum atomic E-state index is 0.517. The molecular formula is C12H16ClN3O. The van der Waals surface area contributed by atoms with E-state index in [-0.39, 0.29) is 0 Å². The summed E-state index contributed by atoms with van der Waals surface area (Å²) in [6.07, 6.45) is 0. The molecule has 0 saturated carbocycles. The van der Waals surface area contributed by atoms with Gasteiger partial charge in [0.15, 0.2) is 5.96 Å². The molecule has 4 nitrogen and oxygen atoms in total. The topological polar surface area (TPSA) is 50.8 Å². The van der Waals surface area contributed by atoms with E-state index in [1.165, 1.54) is 0 Å². The second-order valence-corrected chi connectivity index (χ2v) is 4.27. The van der Waals surface area contributed by atoms with E-state index < -0.39 is 0 Å². The van der Waals surface area contributed by atoms with Crippen LogP contribution in [0.2, 0.25) is 5.02 Å². The van der Waals surface area contributed by atoms with E-state index in [2.05, 4.69) is 4.99 Å². The summed E-state index contributed by atoms with van der Waals surface area (Å²) in [5, 5.41) is 0.728. The third kappa shape index (κ3) is 3.35. The molecule has 0 aromatic heterocycles. The van der Waals surface area contributed by atoms with Crippen molar-refractivity contribution in [3.63, 3.8) is 0 Å². The molecule has 1 aliphatic heterocycles. The summed E-state index contributed by atoms with van der Waals surface area (Å²) in [6, 6.07) is 7.66. The molecule has 0 bridgehead atoms. The predicted octanol–water partition coefficient (Wildman–Crippen LogP) is 1.49. The predicted molar refractivity (Wildman–Crippen MR) is 69.2 cm³/mol. The van der Waals surface area contributed by atoms with Crippen LogP contribution in [-0.2, 0) is 11.3 Å². The van der Waals surface area contributed by atoms with Crippen molar-refractivity contribution in [2.75, 3.05) is 26.3 Å². The van der Waals surface area contributed by atoms with Gasteiger partial charge >= 0.3 is 0 Å². The number of nitrogens with two attached hydrogens (primary N) is 1. The third-order valence-electron chi connectivity index (χ3n) is 2.70. The van der Waals surface area contributed by atoms with Crippen LogP contribution in [0.3, 0.4) is 0 Å². The molecule has 17 heavy (non-hydrogen) atoms. The van der Waals surface area contributed by atoms with Crippen LogP contribution < -0.4 is 5.73 Å². The molecule has 2 N–H and O–H groups in total. The van der Waals surface area contributed by atoms with Gasteiger partial charge in [-0.3, -0.25) is 0 Å². The van der Waals surface area contributed by atoms with Gasteiger partial charge in [-0.1, -0.05) is 29.8 Å². The van der Waals surface area contributed by atoms with Crippen molar-refractivity contribution in [3.05, 3.63) is 34.9 Å². The highest BCUT2D eigenvalue weighted by molar-refractivity contribution is 6.31. The maximum absolute atomic E-state index is 6.05. The quantitative estimate of drug-likeness (QED) is 0.642. The Morgan fingerprint density at radius 2 is 2.06 bits per heavy atom. The van der Waals surface area contributed by atoms with Crippen molar-refractivity contribution in [3.8, 4) is 0 Å². The number of nitrogens with zero attached hydrogens (tertiary/aromatic N) is 2. The van der Waals surface area contributed by atoms with E-state index in [0.29, 0.717) is 25.7 Å². The normalized spacial score (nSPS) is 17.2. The van der Waals surface area contributed by atoms with Crippen molar-refractivity contribution in [2.24, 2.45) is 10.7 Å². The number of hydrogen-bond acceptors (Lipinski definition) is 2. The number of guanidine groups is 1. The molecule has 1 fully saturated rings. The van der Waals surface area contributed by atoms with Crippen LogP contribution in [0.4, 0.5) is 0 Å². The van der Waals surface area contributed by atoms with Gasteiger partial charge in [0.1, 0.15) is 0 Å². The average molecular weight is 254 g/mol. The van der Waals surface area contributed by atoms with Gasteiger partial charge in [0.2, 0.25) is 0 Å². The Kier molecular flexibility index (Phi) is 4.23. The number of benzene rings is 1.